The summed E-state index contributed by atoms with van der Waals surface area (Å²) in [5.41, 5.74) is 1.96. The molecule has 1 aliphatic heterocycles. The first-order chi connectivity index (χ1) is 12.1. The zero-order valence-electron chi connectivity index (χ0n) is 14.9. The monoisotopic (exact) mass is 342 g/mol. The van der Waals surface area contributed by atoms with Crippen molar-refractivity contribution < 1.29 is 4.79 Å². The number of carbonyl (C=O) groups excluding carboxylic acids is 1. The Balaban J connectivity index is 1.51. The zero-order chi connectivity index (χ0) is 17.6. The van der Waals surface area contributed by atoms with Gasteiger partial charge in [-0.05, 0) is 31.6 Å². The molecule has 1 fully saturated rings. The predicted molar refractivity (Wildman–Crippen MR) is 96.0 cm³/mol. The van der Waals surface area contributed by atoms with Crippen molar-refractivity contribution >= 4 is 11.7 Å². The van der Waals surface area contributed by atoms with Crippen LogP contribution in [0.2, 0.25) is 0 Å². The number of nitrogens with one attached hydrogen (secondary N) is 2. The van der Waals surface area contributed by atoms with Gasteiger partial charge in [-0.15, -0.1) is 0 Å². The van der Waals surface area contributed by atoms with Gasteiger partial charge in [-0.2, -0.15) is 0 Å². The van der Waals surface area contributed by atoms with Crippen molar-refractivity contribution in [1.82, 2.24) is 24.8 Å². The van der Waals surface area contributed by atoms with Crippen LogP contribution in [0.1, 0.15) is 31.2 Å². The van der Waals surface area contributed by atoms with E-state index in [9.17, 15) is 4.79 Å². The molecular weight excluding hydrogens is 316 g/mol. The van der Waals surface area contributed by atoms with E-state index < -0.39 is 0 Å². The summed E-state index contributed by atoms with van der Waals surface area (Å²) < 4.78 is 0. The molecule has 0 bridgehead atoms. The third kappa shape index (κ3) is 4.78. The second-order valence-electron chi connectivity index (χ2n) is 6.87. The SMILES string of the molecule is Cc1cc(NCC2CN(C(=O)CCc3cnc[nH]3)CCC2C)ncn1. The Morgan fingerprint density at radius 3 is 3.08 bits per heavy atom. The van der Waals surface area contributed by atoms with Crippen LogP contribution in [0.3, 0.4) is 0 Å². The van der Waals surface area contributed by atoms with Crippen LogP contribution in [-0.4, -0.2) is 50.4 Å². The lowest BCUT2D eigenvalue weighted by Gasteiger charge is -2.37. The molecule has 2 N–H and O–H groups in total. The number of rotatable bonds is 6. The highest BCUT2D eigenvalue weighted by molar-refractivity contribution is 5.76. The summed E-state index contributed by atoms with van der Waals surface area (Å²) in [7, 11) is 0. The van der Waals surface area contributed by atoms with Crippen molar-refractivity contribution in [3.8, 4) is 0 Å². The number of likely N-dealkylation sites (tertiary alicyclic amines) is 1. The average molecular weight is 342 g/mol. The van der Waals surface area contributed by atoms with Crippen molar-refractivity contribution in [3.05, 3.63) is 36.3 Å². The van der Waals surface area contributed by atoms with E-state index in [1.165, 1.54) is 0 Å². The molecule has 25 heavy (non-hydrogen) atoms. The smallest absolute Gasteiger partial charge is 0.222 e. The van der Waals surface area contributed by atoms with Gasteiger partial charge in [-0.1, -0.05) is 6.92 Å². The molecule has 1 amide bonds. The lowest BCUT2D eigenvalue weighted by atomic mass is 9.86. The molecule has 1 saturated heterocycles. The molecule has 7 nitrogen and oxygen atoms in total. The second kappa shape index (κ2) is 8.09. The van der Waals surface area contributed by atoms with E-state index in [1.807, 2.05) is 17.9 Å². The molecule has 0 aromatic carbocycles. The van der Waals surface area contributed by atoms with E-state index in [0.29, 0.717) is 24.7 Å². The highest BCUT2D eigenvalue weighted by Crippen LogP contribution is 2.24. The maximum Gasteiger partial charge on any atom is 0.222 e. The number of hydrogen-bond donors (Lipinski definition) is 2. The Labute approximate surface area is 148 Å². The highest BCUT2D eigenvalue weighted by atomic mass is 16.2. The van der Waals surface area contributed by atoms with Gasteiger partial charge in [0.05, 0.1) is 6.33 Å². The molecule has 134 valence electrons. The van der Waals surface area contributed by atoms with Crippen LogP contribution in [0.25, 0.3) is 0 Å². The fourth-order valence-electron chi connectivity index (χ4n) is 3.25. The largest absolute Gasteiger partial charge is 0.370 e. The average Bonchev–Trinajstić information content (AvgIpc) is 3.12. The van der Waals surface area contributed by atoms with Crippen molar-refractivity contribution in [3.63, 3.8) is 0 Å². The number of H-pyrrole nitrogens is 1. The fourth-order valence-corrected chi connectivity index (χ4v) is 3.25. The molecule has 1 aliphatic rings. The maximum atomic E-state index is 12.5. The van der Waals surface area contributed by atoms with Gasteiger partial charge in [0.1, 0.15) is 12.1 Å². The molecule has 2 aromatic heterocycles. The number of piperidine rings is 1. The van der Waals surface area contributed by atoms with Crippen LogP contribution in [0, 0.1) is 18.8 Å². The number of carbonyl (C=O) groups is 1. The minimum atomic E-state index is 0.226. The fraction of sp³-hybridized carbons (Fsp3) is 0.556. The van der Waals surface area contributed by atoms with Crippen molar-refractivity contribution in [2.75, 3.05) is 25.0 Å². The summed E-state index contributed by atoms with van der Waals surface area (Å²) >= 11 is 0. The Morgan fingerprint density at radius 1 is 1.44 bits per heavy atom. The minimum absolute atomic E-state index is 0.226. The van der Waals surface area contributed by atoms with E-state index in [2.05, 4.69) is 32.2 Å². The van der Waals surface area contributed by atoms with Gasteiger partial charge in [-0.25, -0.2) is 15.0 Å². The van der Waals surface area contributed by atoms with Crippen LogP contribution in [0.5, 0.6) is 0 Å². The molecule has 0 saturated carbocycles. The number of nitrogens with zero attached hydrogens (tertiary/aromatic N) is 4. The van der Waals surface area contributed by atoms with Gasteiger partial charge in [0.25, 0.3) is 0 Å². The van der Waals surface area contributed by atoms with Gasteiger partial charge < -0.3 is 15.2 Å². The Kier molecular flexibility index (Phi) is 5.63. The minimum Gasteiger partial charge on any atom is -0.370 e. The summed E-state index contributed by atoms with van der Waals surface area (Å²) in [5.74, 6) is 2.10. The number of aromatic amines is 1. The Morgan fingerprint density at radius 2 is 2.32 bits per heavy atom. The van der Waals surface area contributed by atoms with Gasteiger partial charge in [-0.3, -0.25) is 4.79 Å². The van der Waals surface area contributed by atoms with Gasteiger partial charge in [0, 0.05) is 49.7 Å². The normalized spacial score (nSPS) is 20.5. The van der Waals surface area contributed by atoms with Crippen LogP contribution in [-0.2, 0) is 11.2 Å². The van der Waals surface area contributed by atoms with E-state index in [0.717, 1.165) is 43.3 Å². The van der Waals surface area contributed by atoms with Crippen molar-refractivity contribution in [2.45, 2.75) is 33.1 Å². The molecule has 2 unspecified atom stereocenters. The molecule has 7 heteroatoms. The molecule has 2 aromatic rings. The lowest BCUT2D eigenvalue weighted by molar-refractivity contribution is -0.133. The summed E-state index contributed by atoms with van der Waals surface area (Å²) in [4.78, 5) is 29.9. The van der Waals surface area contributed by atoms with Gasteiger partial charge >= 0.3 is 0 Å². The molecule has 0 aliphatic carbocycles. The summed E-state index contributed by atoms with van der Waals surface area (Å²) in [6, 6.07) is 1.95. The number of amides is 1. The predicted octanol–water partition coefficient (Wildman–Crippen LogP) is 2.04. The number of anilines is 1. The van der Waals surface area contributed by atoms with Crippen LogP contribution in [0.4, 0.5) is 5.82 Å². The third-order valence-corrected chi connectivity index (χ3v) is 4.98. The number of imidazole rings is 1. The van der Waals surface area contributed by atoms with Gasteiger partial charge in [0.15, 0.2) is 0 Å². The molecule has 0 spiro atoms. The van der Waals surface area contributed by atoms with Crippen LogP contribution in [0.15, 0.2) is 24.9 Å². The molecule has 2 atom stereocenters. The van der Waals surface area contributed by atoms with E-state index in [4.69, 9.17) is 0 Å². The first kappa shape index (κ1) is 17.4. The summed E-state index contributed by atoms with van der Waals surface area (Å²) in [5, 5.41) is 3.40. The van der Waals surface area contributed by atoms with E-state index in [-0.39, 0.29) is 5.91 Å². The van der Waals surface area contributed by atoms with Crippen LogP contribution < -0.4 is 5.32 Å². The first-order valence-corrected chi connectivity index (χ1v) is 8.89. The highest BCUT2D eigenvalue weighted by Gasteiger charge is 2.28. The van der Waals surface area contributed by atoms with Crippen molar-refractivity contribution in [1.29, 1.82) is 0 Å². The summed E-state index contributed by atoms with van der Waals surface area (Å²) in [6.07, 6.45) is 7.30. The molecule has 3 rings (SSSR count). The lowest BCUT2D eigenvalue weighted by Crippen LogP contribution is -2.45. The van der Waals surface area contributed by atoms with E-state index >= 15 is 0 Å². The van der Waals surface area contributed by atoms with Gasteiger partial charge in [0.2, 0.25) is 5.91 Å². The third-order valence-electron chi connectivity index (χ3n) is 4.98. The molecule has 3 heterocycles. The van der Waals surface area contributed by atoms with Crippen molar-refractivity contribution in [2.24, 2.45) is 11.8 Å². The molecule has 0 radical (unpaired) electrons. The number of aryl methyl sites for hydroxylation is 2. The number of aromatic nitrogens is 4. The maximum absolute atomic E-state index is 12.5. The van der Waals surface area contributed by atoms with Crippen LogP contribution >= 0.6 is 0 Å². The zero-order valence-corrected chi connectivity index (χ0v) is 14.9. The Hall–Kier alpha value is -2.44. The molecular formula is C18H26N6O. The van der Waals surface area contributed by atoms with E-state index in [1.54, 1.807) is 18.9 Å². The quantitative estimate of drug-likeness (QED) is 0.839. The number of hydrogen-bond acceptors (Lipinski definition) is 5. The Bertz CT molecular complexity index is 687. The first-order valence-electron chi connectivity index (χ1n) is 8.89. The standard InChI is InChI=1S/C18H26N6O/c1-13-5-6-24(18(25)4-3-16-9-19-11-22-16)10-15(13)8-20-17-7-14(2)21-12-23-17/h7,9,11-13,15H,3-6,8,10H2,1-2H3,(H,19,22)(H,20,21,23). The topological polar surface area (TPSA) is 86.8 Å². The second-order valence-corrected chi connectivity index (χ2v) is 6.87. The summed E-state index contributed by atoms with van der Waals surface area (Å²) in [6.45, 7) is 6.70.